The molecule has 132 valence electrons. The zero-order chi connectivity index (χ0) is 18.6. The summed E-state index contributed by atoms with van der Waals surface area (Å²) in [4.78, 5) is 14.3. The second-order valence-electron chi connectivity index (χ2n) is 4.48. The van der Waals surface area contributed by atoms with Crippen LogP contribution in [0.2, 0.25) is 0 Å². The number of nitro groups is 1. The summed E-state index contributed by atoms with van der Waals surface area (Å²) in [5.41, 5.74) is 0.142. The summed E-state index contributed by atoms with van der Waals surface area (Å²) >= 11 is 0. The molecule has 3 rings (SSSR count). The van der Waals surface area contributed by atoms with Gasteiger partial charge in [0.2, 0.25) is 5.89 Å². The number of rotatable bonds is 3. The van der Waals surface area contributed by atoms with Gasteiger partial charge in [-0.05, 0) is 24.3 Å². The molecule has 9 heteroatoms. The minimum Gasteiger partial charge on any atom is -0.436 e. The fourth-order valence-electron chi connectivity index (χ4n) is 2.03. The number of oxazole rings is 1. The van der Waals surface area contributed by atoms with E-state index in [1.807, 2.05) is 13.8 Å². The number of non-ortho nitro benzene ring substituents is 1. The van der Waals surface area contributed by atoms with Gasteiger partial charge in [0.1, 0.15) is 5.75 Å². The molecule has 0 aliphatic heterocycles. The quantitative estimate of drug-likeness (QED) is 0.469. The number of nitro benzene ring substituents is 1. The van der Waals surface area contributed by atoms with Crippen molar-refractivity contribution < 1.29 is 27.2 Å². The summed E-state index contributed by atoms with van der Waals surface area (Å²) < 4.78 is 45.9. The Labute approximate surface area is 140 Å². The van der Waals surface area contributed by atoms with Crippen LogP contribution < -0.4 is 4.74 Å². The number of aromatic nitrogens is 1. The lowest BCUT2D eigenvalue weighted by Gasteiger charge is -2.08. The van der Waals surface area contributed by atoms with Crippen molar-refractivity contribution >= 4 is 16.8 Å². The summed E-state index contributed by atoms with van der Waals surface area (Å²) in [7, 11) is 0. The Morgan fingerprint density at radius 1 is 1.16 bits per heavy atom. The van der Waals surface area contributed by atoms with Crippen LogP contribution in [0.1, 0.15) is 13.8 Å². The van der Waals surface area contributed by atoms with Gasteiger partial charge in [-0.15, -0.1) is 13.2 Å². The SMILES string of the molecule is CC.O=[N+]([O-])c1cccc2oc(-c3cccc(OC(F)(F)F)c3)nc12. The number of nitrogens with zero attached hydrogens (tertiary/aromatic N) is 2. The van der Waals surface area contributed by atoms with E-state index in [1.54, 1.807) is 0 Å². The van der Waals surface area contributed by atoms with E-state index in [9.17, 15) is 23.3 Å². The monoisotopic (exact) mass is 354 g/mol. The summed E-state index contributed by atoms with van der Waals surface area (Å²) in [6, 6.07) is 9.18. The van der Waals surface area contributed by atoms with E-state index >= 15 is 0 Å². The summed E-state index contributed by atoms with van der Waals surface area (Å²) in [5, 5.41) is 11.0. The summed E-state index contributed by atoms with van der Waals surface area (Å²) in [5.74, 6) is -0.478. The highest BCUT2D eigenvalue weighted by Crippen LogP contribution is 2.32. The van der Waals surface area contributed by atoms with Crippen LogP contribution >= 0.6 is 0 Å². The maximum absolute atomic E-state index is 12.2. The molecule has 1 heterocycles. The first kappa shape index (κ1) is 18.2. The van der Waals surface area contributed by atoms with E-state index in [4.69, 9.17) is 4.42 Å². The van der Waals surface area contributed by atoms with E-state index in [0.717, 1.165) is 12.1 Å². The first-order valence-electron chi connectivity index (χ1n) is 7.23. The second kappa shape index (κ2) is 7.20. The molecule has 3 aromatic rings. The lowest BCUT2D eigenvalue weighted by Crippen LogP contribution is -2.17. The van der Waals surface area contributed by atoms with Gasteiger partial charge in [0.05, 0.1) is 4.92 Å². The van der Waals surface area contributed by atoms with Crippen LogP contribution in [0.4, 0.5) is 18.9 Å². The van der Waals surface area contributed by atoms with Crippen molar-refractivity contribution in [2.24, 2.45) is 0 Å². The predicted octanol–water partition coefficient (Wildman–Crippen LogP) is 5.33. The summed E-state index contributed by atoms with van der Waals surface area (Å²) in [6.45, 7) is 4.00. The number of hydrogen-bond donors (Lipinski definition) is 0. The molecule has 0 fully saturated rings. The lowest BCUT2D eigenvalue weighted by molar-refractivity contribution is -0.383. The molecular formula is C16H13F3N2O4. The largest absolute Gasteiger partial charge is 0.573 e. The Kier molecular flexibility index (Phi) is 5.26. The van der Waals surface area contributed by atoms with Crippen molar-refractivity contribution in [3.63, 3.8) is 0 Å². The van der Waals surface area contributed by atoms with Crippen molar-refractivity contribution in [2.45, 2.75) is 20.2 Å². The van der Waals surface area contributed by atoms with Crippen molar-refractivity contribution in [3.8, 4) is 17.2 Å². The maximum atomic E-state index is 12.2. The maximum Gasteiger partial charge on any atom is 0.573 e. The Morgan fingerprint density at radius 3 is 2.48 bits per heavy atom. The highest BCUT2D eigenvalue weighted by Gasteiger charge is 2.31. The molecule has 0 bridgehead atoms. The van der Waals surface area contributed by atoms with Crippen LogP contribution in [0.5, 0.6) is 5.75 Å². The highest BCUT2D eigenvalue weighted by molar-refractivity contribution is 5.84. The smallest absolute Gasteiger partial charge is 0.436 e. The van der Waals surface area contributed by atoms with E-state index in [1.165, 1.54) is 30.3 Å². The average molecular weight is 354 g/mol. The van der Waals surface area contributed by atoms with Gasteiger partial charge < -0.3 is 9.15 Å². The first-order valence-corrected chi connectivity index (χ1v) is 7.23. The Bertz CT molecular complexity index is 890. The number of ether oxygens (including phenoxy) is 1. The van der Waals surface area contributed by atoms with Crippen LogP contribution in [0.3, 0.4) is 0 Å². The molecule has 0 spiro atoms. The van der Waals surface area contributed by atoms with Gasteiger partial charge in [-0.2, -0.15) is 0 Å². The fourth-order valence-corrected chi connectivity index (χ4v) is 2.03. The van der Waals surface area contributed by atoms with Crippen LogP contribution in [-0.2, 0) is 0 Å². The van der Waals surface area contributed by atoms with E-state index < -0.39 is 17.0 Å². The zero-order valence-corrected chi connectivity index (χ0v) is 13.2. The van der Waals surface area contributed by atoms with Crippen LogP contribution in [0.25, 0.3) is 22.6 Å². The van der Waals surface area contributed by atoms with E-state index in [-0.39, 0.29) is 28.2 Å². The van der Waals surface area contributed by atoms with Crippen molar-refractivity contribution in [1.82, 2.24) is 4.98 Å². The van der Waals surface area contributed by atoms with Crippen molar-refractivity contribution in [1.29, 1.82) is 0 Å². The van der Waals surface area contributed by atoms with Gasteiger partial charge in [-0.1, -0.05) is 26.0 Å². The van der Waals surface area contributed by atoms with Gasteiger partial charge in [0.15, 0.2) is 11.1 Å². The third-order valence-corrected chi connectivity index (χ3v) is 2.91. The van der Waals surface area contributed by atoms with Gasteiger partial charge in [0, 0.05) is 11.6 Å². The van der Waals surface area contributed by atoms with Gasteiger partial charge >= 0.3 is 6.36 Å². The minimum absolute atomic E-state index is 0.0228. The molecule has 6 nitrogen and oxygen atoms in total. The highest BCUT2D eigenvalue weighted by atomic mass is 19.4. The lowest BCUT2D eigenvalue weighted by atomic mass is 10.2. The molecular weight excluding hydrogens is 341 g/mol. The Balaban J connectivity index is 0.00000109. The number of hydrogen-bond acceptors (Lipinski definition) is 5. The molecule has 0 N–H and O–H groups in total. The van der Waals surface area contributed by atoms with E-state index in [0.29, 0.717) is 0 Å². The van der Waals surface area contributed by atoms with Gasteiger partial charge in [-0.25, -0.2) is 4.98 Å². The zero-order valence-electron chi connectivity index (χ0n) is 13.2. The van der Waals surface area contributed by atoms with Crippen LogP contribution in [0.15, 0.2) is 46.9 Å². The average Bonchev–Trinajstić information content (AvgIpc) is 2.99. The number of halogens is 3. The topological polar surface area (TPSA) is 78.4 Å². The van der Waals surface area contributed by atoms with Crippen LogP contribution in [0, 0.1) is 10.1 Å². The standard InChI is InChI=1S/C14H7F3N2O4.C2H6/c15-14(16,17)23-9-4-1-3-8(7-9)13-18-12-10(19(20)21)5-2-6-11(12)22-13;1-2/h1-7H;1-2H3. The molecule has 2 aromatic carbocycles. The number of fused-ring (bicyclic) bond motifs is 1. The van der Waals surface area contributed by atoms with Gasteiger partial charge in [-0.3, -0.25) is 10.1 Å². The number of benzene rings is 2. The van der Waals surface area contributed by atoms with Gasteiger partial charge in [0.25, 0.3) is 5.69 Å². The first-order chi connectivity index (χ1) is 11.8. The third-order valence-electron chi connectivity index (χ3n) is 2.91. The van der Waals surface area contributed by atoms with Crippen molar-refractivity contribution in [3.05, 3.63) is 52.6 Å². The molecule has 0 saturated heterocycles. The normalized spacial score (nSPS) is 10.9. The Hall–Kier alpha value is -3.10. The molecule has 0 amide bonds. The Morgan fingerprint density at radius 2 is 1.84 bits per heavy atom. The molecule has 0 unspecified atom stereocenters. The minimum atomic E-state index is -4.82. The van der Waals surface area contributed by atoms with E-state index in [2.05, 4.69) is 9.72 Å². The molecule has 0 aliphatic rings. The molecule has 1 aromatic heterocycles. The molecule has 0 saturated carbocycles. The van der Waals surface area contributed by atoms with Crippen LogP contribution in [-0.4, -0.2) is 16.3 Å². The predicted molar refractivity (Wildman–Crippen MR) is 84.1 cm³/mol. The fraction of sp³-hybridized carbons (Fsp3) is 0.188. The molecule has 0 aliphatic carbocycles. The molecule has 25 heavy (non-hydrogen) atoms. The third kappa shape index (κ3) is 4.25. The molecule has 0 radical (unpaired) electrons. The second-order valence-corrected chi connectivity index (χ2v) is 4.48. The number of para-hydroxylation sites is 1. The molecule has 0 atom stereocenters. The number of alkyl halides is 3. The van der Waals surface area contributed by atoms with Crippen molar-refractivity contribution in [2.75, 3.05) is 0 Å². The summed E-state index contributed by atoms with van der Waals surface area (Å²) in [6.07, 6.45) is -4.82.